The fourth-order valence-corrected chi connectivity index (χ4v) is 3.92. The maximum absolute atomic E-state index is 13.2. The van der Waals surface area contributed by atoms with E-state index in [4.69, 9.17) is 20.1 Å². The number of nitrogens with one attached hydrogen (secondary N) is 2. The van der Waals surface area contributed by atoms with E-state index >= 15 is 0 Å². The van der Waals surface area contributed by atoms with Crippen molar-refractivity contribution in [3.05, 3.63) is 54.2 Å². The maximum Gasteiger partial charge on any atom is 0.552 e. The van der Waals surface area contributed by atoms with Crippen molar-refractivity contribution in [2.24, 2.45) is 11.7 Å². The van der Waals surface area contributed by atoms with Crippen molar-refractivity contribution in [2.45, 2.75) is 57.4 Å². The first-order valence-electron chi connectivity index (χ1n) is 12.1. The van der Waals surface area contributed by atoms with E-state index in [1.54, 1.807) is 12.1 Å². The van der Waals surface area contributed by atoms with Gasteiger partial charge in [0.25, 0.3) is 5.91 Å². The van der Waals surface area contributed by atoms with Crippen molar-refractivity contribution in [3.8, 4) is 11.3 Å². The summed E-state index contributed by atoms with van der Waals surface area (Å²) in [4.78, 5) is 53.9. The molecule has 3 rings (SSSR count). The number of rotatable bonds is 11. The molecule has 1 aromatic heterocycles. The fourth-order valence-electron chi connectivity index (χ4n) is 3.92. The van der Waals surface area contributed by atoms with Crippen LogP contribution in [0.3, 0.4) is 0 Å². The molecule has 202 valence electrons. The van der Waals surface area contributed by atoms with Gasteiger partial charge in [0.05, 0.1) is 17.7 Å². The zero-order valence-electron chi connectivity index (χ0n) is 21.2. The van der Waals surface area contributed by atoms with Crippen LogP contribution in [0.4, 0.5) is 0 Å². The van der Waals surface area contributed by atoms with Crippen molar-refractivity contribution < 1.29 is 38.7 Å². The van der Waals surface area contributed by atoms with Crippen LogP contribution < -0.4 is 16.4 Å². The standard InChI is InChI=1S/C25H31BN4O8/c1-13(2)12-18(26-37-21(25(36)38-26)19(27)24(34)35)29-23(33)20(14(3)31)30-22(32)17-11-7-10-16(28-17)15-8-5-4-6-9-15/h4-11,13-14,18-21,31H,12,27H2,1-3H3,(H,29,33)(H,30,32)(H,34,35)/t14-,18+,19?,20+,21?/m1/s1. The summed E-state index contributed by atoms with van der Waals surface area (Å²) in [6, 6.07) is 11.1. The zero-order valence-corrected chi connectivity index (χ0v) is 21.2. The highest BCUT2D eigenvalue weighted by molar-refractivity contribution is 6.51. The number of aliphatic hydroxyl groups excluding tert-OH is 1. The molecule has 5 atom stereocenters. The summed E-state index contributed by atoms with van der Waals surface area (Å²) in [6.07, 6.45) is -2.56. The lowest BCUT2D eigenvalue weighted by Gasteiger charge is -2.26. The molecule has 1 aliphatic heterocycles. The Kier molecular flexibility index (Phi) is 9.56. The molecule has 2 amide bonds. The summed E-state index contributed by atoms with van der Waals surface area (Å²) in [6.45, 7) is 5.05. The minimum absolute atomic E-state index is 0.000633. The summed E-state index contributed by atoms with van der Waals surface area (Å²) in [5.74, 6) is -4.75. The number of nitrogens with zero attached hydrogens (tertiary/aromatic N) is 1. The van der Waals surface area contributed by atoms with Crippen LogP contribution in [-0.4, -0.2) is 76.3 Å². The number of aliphatic hydroxyl groups is 1. The fraction of sp³-hybridized carbons (Fsp3) is 0.400. The smallest absolute Gasteiger partial charge is 0.506 e. The second-order valence-electron chi connectivity index (χ2n) is 9.44. The predicted molar refractivity (Wildman–Crippen MR) is 136 cm³/mol. The van der Waals surface area contributed by atoms with Gasteiger partial charge in [-0.3, -0.25) is 19.2 Å². The second-order valence-corrected chi connectivity index (χ2v) is 9.44. The van der Waals surface area contributed by atoms with Crippen LogP contribution in [0, 0.1) is 5.92 Å². The maximum atomic E-state index is 13.2. The van der Waals surface area contributed by atoms with Gasteiger partial charge in [0, 0.05) is 5.56 Å². The summed E-state index contributed by atoms with van der Waals surface area (Å²) in [7, 11) is -1.31. The summed E-state index contributed by atoms with van der Waals surface area (Å²) in [5, 5.41) is 24.6. The molecule has 13 heteroatoms. The van der Waals surface area contributed by atoms with Crippen LogP contribution in [0.2, 0.25) is 0 Å². The molecular formula is C25H31BN4O8. The van der Waals surface area contributed by atoms with E-state index in [1.807, 2.05) is 44.2 Å². The molecule has 1 fully saturated rings. The molecule has 2 heterocycles. The molecular weight excluding hydrogens is 495 g/mol. The molecule has 0 spiro atoms. The van der Waals surface area contributed by atoms with Gasteiger partial charge < -0.3 is 35.9 Å². The monoisotopic (exact) mass is 526 g/mol. The number of carboxylic acids is 1. The number of amides is 2. The third-order valence-electron chi connectivity index (χ3n) is 5.84. The topological polar surface area (TPSA) is 190 Å². The minimum atomic E-state index is -1.65. The van der Waals surface area contributed by atoms with Crippen LogP contribution >= 0.6 is 0 Å². The summed E-state index contributed by atoms with van der Waals surface area (Å²) in [5.41, 5.74) is 6.93. The molecule has 2 aromatic rings. The molecule has 0 saturated carbocycles. The lowest BCUT2D eigenvalue weighted by molar-refractivity contribution is -0.146. The Bertz CT molecular complexity index is 1160. The van der Waals surface area contributed by atoms with E-state index in [0.29, 0.717) is 5.69 Å². The van der Waals surface area contributed by atoms with E-state index in [9.17, 15) is 24.3 Å². The van der Waals surface area contributed by atoms with E-state index in [0.717, 1.165) is 5.56 Å². The highest BCUT2D eigenvalue weighted by atomic mass is 16.7. The van der Waals surface area contributed by atoms with Crippen molar-refractivity contribution in [3.63, 3.8) is 0 Å². The SMILES string of the molecule is CC(C)C[C@H](NC(=O)[C@@H](NC(=O)c1cccc(-c2ccccc2)n1)[C@@H](C)O)B1OC(=O)C(C(N)C(=O)O)O1. The van der Waals surface area contributed by atoms with E-state index in [2.05, 4.69) is 15.6 Å². The van der Waals surface area contributed by atoms with Gasteiger partial charge in [-0.2, -0.15) is 0 Å². The normalized spacial score (nSPS) is 18.3. The van der Waals surface area contributed by atoms with Crippen LogP contribution in [0.1, 0.15) is 37.7 Å². The predicted octanol–water partition coefficient (Wildman–Crippen LogP) is 0.140. The Hall–Kier alpha value is -3.81. The number of aromatic nitrogens is 1. The van der Waals surface area contributed by atoms with Crippen LogP contribution in [0.15, 0.2) is 48.5 Å². The Morgan fingerprint density at radius 3 is 2.37 bits per heavy atom. The average molecular weight is 526 g/mol. The van der Waals surface area contributed by atoms with E-state index < -0.39 is 61.1 Å². The number of hydrogen-bond donors (Lipinski definition) is 5. The second kappa shape index (κ2) is 12.6. The van der Waals surface area contributed by atoms with Gasteiger partial charge in [0.15, 0.2) is 6.10 Å². The lowest BCUT2D eigenvalue weighted by Crippen LogP contribution is -2.58. The van der Waals surface area contributed by atoms with Gasteiger partial charge in [-0.25, -0.2) is 4.98 Å². The third kappa shape index (κ3) is 7.15. The van der Waals surface area contributed by atoms with Gasteiger partial charge in [0.2, 0.25) is 5.91 Å². The van der Waals surface area contributed by atoms with Crippen LogP contribution in [-0.2, 0) is 23.7 Å². The quantitative estimate of drug-likeness (QED) is 0.252. The Balaban J connectivity index is 1.74. The first-order valence-corrected chi connectivity index (χ1v) is 12.1. The van der Waals surface area contributed by atoms with Gasteiger partial charge in [0.1, 0.15) is 17.8 Å². The molecule has 0 radical (unpaired) electrons. The average Bonchev–Trinajstić information content (AvgIpc) is 3.27. The van der Waals surface area contributed by atoms with Crippen molar-refractivity contribution >= 4 is 30.9 Å². The largest absolute Gasteiger partial charge is 0.552 e. The highest BCUT2D eigenvalue weighted by Gasteiger charge is 2.50. The van der Waals surface area contributed by atoms with Gasteiger partial charge >= 0.3 is 19.1 Å². The molecule has 1 aromatic carbocycles. The first kappa shape index (κ1) is 28.8. The molecule has 1 saturated heterocycles. The molecule has 1 aliphatic rings. The van der Waals surface area contributed by atoms with Crippen LogP contribution in [0.5, 0.6) is 0 Å². The first-order chi connectivity index (χ1) is 18.0. The molecule has 12 nitrogen and oxygen atoms in total. The summed E-state index contributed by atoms with van der Waals surface area (Å²) < 4.78 is 10.6. The van der Waals surface area contributed by atoms with Crippen molar-refractivity contribution in [2.75, 3.05) is 0 Å². The van der Waals surface area contributed by atoms with E-state index in [-0.39, 0.29) is 18.0 Å². The number of carboxylic acid groups (broad SMARTS) is 1. The minimum Gasteiger partial charge on any atom is -0.506 e. The molecule has 2 unspecified atom stereocenters. The third-order valence-corrected chi connectivity index (χ3v) is 5.84. The van der Waals surface area contributed by atoms with Gasteiger partial charge in [-0.1, -0.05) is 50.2 Å². The Morgan fingerprint density at radius 2 is 1.76 bits per heavy atom. The number of pyridine rings is 1. The van der Waals surface area contributed by atoms with Gasteiger partial charge in [-0.15, -0.1) is 0 Å². The number of benzene rings is 1. The van der Waals surface area contributed by atoms with Gasteiger partial charge in [-0.05, 0) is 31.4 Å². The van der Waals surface area contributed by atoms with E-state index in [1.165, 1.54) is 13.0 Å². The highest BCUT2D eigenvalue weighted by Crippen LogP contribution is 2.20. The Morgan fingerprint density at radius 1 is 1.08 bits per heavy atom. The molecule has 6 N–H and O–H groups in total. The lowest BCUT2D eigenvalue weighted by atomic mass is 9.74. The molecule has 0 bridgehead atoms. The summed E-state index contributed by atoms with van der Waals surface area (Å²) >= 11 is 0. The van der Waals surface area contributed by atoms with Crippen molar-refractivity contribution in [1.82, 2.24) is 15.6 Å². The number of aliphatic carboxylic acids is 1. The number of hydrogen-bond acceptors (Lipinski definition) is 9. The molecule has 38 heavy (non-hydrogen) atoms. The molecule has 0 aliphatic carbocycles. The zero-order chi connectivity index (χ0) is 28.0. The number of carbonyl (C=O) groups excluding carboxylic acids is 3. The number of nitrogens with two attached hydrogens (primary N) is 1. The van der Waals surface area contributed by atoms with Crippen molar-refractivity contribution in [1.29, 1.82) is 0 Å². The Labute approximate surface area is 220 Å². The van der Waals surface area contributed by atoms with Crippen LogP contribution in [0.25, 0.3) is 11.3 Å². The number of carbonyl (C=O) groups is 4.